The maximum Gasteiger partial charge on any atom is 0.240 e. The van der Waals surface area contributed by atoms with Gasteiger partial charge >= 0.3 is 0 Å². The van der Waals surface area contributed by atoms with E-state index in [0.29, 0.717) is 4.90 Å². The molecule has 1 atom stereocenters. The smallest absolute Gasteiger partial charge is 0.240 e. The lowest BCUT2D eigenvalue weighted by molar-refractivity contribution is -0.121. The number of aryl methyl sites for hydroxylation is 2. The lowest BCUT2D eigenvalue weighted by Crippen LogP contribution is -2.38. The van der Waals surface area contributed by atoms with E-state index in [2.05, 4.69) is 15.4 Å². The number of hydrogen-bond acceptors (Lipinski definition) is 4. The minimum Gasteiger partial charge on any atom is -0.352 e. The summed E-state index contributed by atoms with van der Waals surface area (Å²) < 4.78 is 27.3. The zero-order chi connectivity index (χ0) is 17.0. The van der Waals surface area contributed by atoms with Gasteiger partial charge in [-0.1, -0.05) is 6.07 Å². The van der Waals surface area contributed by atoms with Crippen LogP contribution in [0.5, 0.6) is 0 Å². The van der Waals surface area contributed by atoms with Gasteiger partial charge in [0, 0.05) is 25.6 Å². The molecule has 1 aromatic carbocycles. The van der Waals surface area contributed by atoms with Gasteiger partial charge in [0.25, 0.3) is 0 Å². The first-order chi connectivity index (χ1) is 11.5. The zero-order valence-corrected chi connectivity index (χ0v) is 14.6. The quantitative estimate of drug-likeness (QED) is 0.704. The number of hydrogen-bond donors (Lipinski definition) is 3. The predicted octanol–water partition coefficient (Wildman–Crippen LogP) is 0.712. The molecule has 1 aromatic rings. The Morgan fingerprint density at radius 1 is 1.21 bits per heavy atom. The predicted molar refractivity (Wildman–Crippen MR) is 92.3 cm³/mol. The van der Waals surface area contributed by atoms with Crippen LogP contribution in [0.3, 0.4) is 0 Å². The van der Waals surface area contributed by atoms with Crippen LogP contribution in [0.2, 0.25) is 0 Å². The molecule has 0 radical (unpaired) electrons. The van der Waals surface area contributed by atoms with E-state index in [-0.39, 0.29) is 24.9 Å². The normalized spacial score (nSPS) is 20.6. The number of rotatable bonds is 6. The molecule has 132 valence electrons. The van der Waals surface area contributed by atoms with Crippen molar-refractivity contribution in [1.29, 1.82) is 0 Å². The molecule has 0 bridgehead atoms. The Balaban J connectivity index is 1.53. The summed E-state index contributed by atoms with van der Waals surface area (Å²) in [4.78, 5) is 12.1. The van der Waals surface area contributed by atoms with Gasteiger partial charge in [-0.25, -0.2) is 13.1 Å². The molecule has 7 heteroatoms. The summed E-state index contributed by atoms with van der Waals surface area (Å²) in [5.41, 5.74) is 2.39. The molecule has 0 saturated carbocycles. The summed E-state index contributed by atoms with van der Waals surface area (Å²) in [5, 5.41) is 6.09. The molecular formula is C17H25N3O3S. The van der Waals surface area contributed by atoms with E-state index >= 15 is 0 Å². The van der Waals surface area contributed by atoms with Crippen LogP contribution in [0, 0.1) is 0 Å². The summed E-state index contributed by atoms with van der Waals surface area (Å²) in [6.07, 6.45) is 5.33. The molecule has 1 heterocycles. The number of sulfonamides is 1. The van der Waals surface area contributed by atoms with Crippen LogP contribution < -0.4 is 15.4 Å². The van der Waals surface area contributed by atoms with Crippen LogP contribution in [0.25, 0.3) is 0 Å². The fourth-order valence-electron chi connectivity index (χ4n) is 3.34. The van der Waals surface area contributed by atoms with E-state index in [1.54, 1.807) is 12.1 Å². The fraction of sp³-hybridized carbons (Fsp3) is 0.588. The molecule has 1 fully saturated rings. The maximum absolute atomic E-state index is 12.4. The van der Waals surface area contributed by atoms with Gasteiger partial charge in [0.15, 0.2) is 0 Å². The van der Waals surface area contributed by atoms with Gasteiger partial charge < -0.3 is 10.6 Å². The third-order valence-electron chi connectivity index (χ3n) is 4.70. The van der Waals surface area contributed by atoms with E-state index in [0.717, 1.165) is 44.3 Å². The molecule has 3 rings (SSSR count). The molecule has 6 nitrogen and oxygen atoms in total. The third-order valence-corrected chi connectivity index (χ3v) is 6.16. The summed E-state index contributed by atoms with van der Waals surface area (Å²) in [6.45, 7) is 1.81. The standard InChI is InChI=1S/C17H25N3O3S/c21-17(20-15-7-9-18-12-15)8-10-19-24(22,23)16-6-5-13-3-1-2-4-14(13)11-16/h5-6,11,15,18-19H,1-4,7-10,12H2,(H,20,21). The number of carbonyl (C=O) groups excluding carboxylic acids is 1. The Kier molecular flexibility index (Phi) is 5.53. The molecule has 1 amide bonds. The molecule has 0 spiro atoms. The first-order valence-electron chi connectivity index (χ1n) is 8.66. The summed E-state index contributed by atoms with van der Waals surface area (Å²) in [5.74, 6) is -0.114. The van der Waals surface area contributed by atoms with Crippen molar-refractivity contribution in [2.24, 2.45) is 0 Å². The summed E-state index contributed by atoms with van der Waals surface area (Å²) >= 11 is 0. The molecular weight excluding hydrogens is 326 g/mol. The van der Waals surface area contributed by atoms with Crippen molar-refractivity contribution in [1.82, 2.24) is 15.4 Å². The van der Waals surface area contributed by atoms with Crippen molar-refractivity contribution in [2.45, 2.75) is 49.5 Å². The Morgan fingerprint density at radius 3 is 2.75 bits per heavy atom. The molecule has 3 N–H and O–H groups in total. The average Bonchev–Trinajstić information content (AvgIpc) is 3.07. The number of benzene rings is 1. The largest absolute Gasteiger partial charge is 0.352 e. The highest BCUT2D eigenvalue weighted by atomic mass is 32.2. The van der Waals surface area contributed by atoms with Crippen LogP contribution >= 0.6 is 0 Å². The second-order valence-corrected chi connectivity index (χ2v) is 8.31. The Hall–Kier alpha value is -1.44. The van der Waals surface area contributed by atoms with Crippen molar-refractivity contribution in [2.75, 3.05) is 19.6 Å². The SMILES string of the molecule is O=C(CCNS(=O)(=O)c1ccc2c(c1)CCCC2)NC1CCNC1. The van der Waals surface area contributed by atoms with Crippen molar-refractivity contribution in [3.8, 4) is 0 Å². The van der Waals surface area contributed by atoms with Crippen LogP contribution in [0.1, 0.15) is 36.8 Å². The Labute approximate surface area is 143 Å². The van der Waals surface area contributed by atoms with Crippen molar-refractivity contribution in [3.63, 3.8) is 0 Å². The number of amides is 1. The van der Waals surface area contributed by atoms with Crippen LogP contribution in [0.15, 0.2) is 23.1 Å². The van der Waals surface area contributed by atoms with Gasteiger partial charge in [0.2, 0.25) is 15.9 Å². The van der Waals surface area contributed by atoms with Gasteiger partial charge in [-0.3, -0.25) is 4.79 Å². The molecule has 1 saturated heterocycles. The van der Waals surface area contributed by atoms with E-state index in [1.165, 1.54) is 12.0 Å². The molecule has 24 heavy (non-hydrogen) atoms. The van der Waals surface area contributed by atoms with E-state index in [1.807, 2.05) is 6.07 Å². The molecule has 1 unspecified atom stereocenters. The zero-order valence-electron chi connectivity index (χ0n) is 13.8. The highest BCUT2D eigenvalue weighted by Gasteiger charge is 2.19. The number of fused-ring (bicyclic) bond motifs is 1. The van der Waals surface area contributed by atoms with Crippen molar-refractivity contribution in [3.05, 3.63) is 29.3 Å². The summed E-state index contributed by atoms with van der Waals surface area (Å²) in [7, 11) is -3.56. The number of nitrogens with one attached hydrogen (secondary N) is 3. The second kappa shape index (κ2) is 7.63. The van der Waals surface area contributed by atoms with Gasteiger partial charge in [-0.2, -0.15) is 0 Å². The maximum atomic E-state index is 12.4. The second-order valence-electron chi connectivity index (χ2n) is 6.54. The van der Waals surface area contributed by atoms with Gasteiger partial charge in [0.05, 0.1) is 4.90 Å². The highest BCUT2D eigenvalue weighted by molar-refractivity contribution is 7.89. The number of carbonyl (C=O) groups is 1. The topological polar surface area (TPSA) is 87.3 Å². The van der Waals surface area contributed by atoms with Crippen LogP contribution in [0.4, 0.5) is 0 Å². The molecule has 1 aliphatic carbocycles. The van der Waals surface area contributed by atoms with Crippen LogP contribution in [-0.4, -0.2) is 40.0 Å². The van der Waals surface area contributed by atoms with Crippen LogP contribution in [-0.2, 0) is 27.7 Å². The highest BCUT2D eigenvalue weighted by Crippen LogP contribution is 2.23. The van der Waals surface area contributed by atoms with E-state index in [4.69, 9.17) is 0 Å². The van der Waals surface area contributed by atoms with E-state index in [9.17, 15) is 13.2 Å². The monoisotopic (exact) mass is 351 g/mol. The lowest BCUT2D eigenvalue weighted by Gasteiger charge is -2.17. The van der Waals surface area contributed by atoms with Crippen molar-refractivity contribution < 1.29 is 13.2 Å². The fourth-order valence-corrected chi connectivity index (χ4v) is 4.42. The van der Waals surface area contributed by atoms with Gasteiger partial charge in [-0.15, -0.1) is 0 Å². The molecule has 1 aliphatic heterocycles. The lowest BCUT2D eigenvalue weighted by atomic mass is 9.92. The van der Waals surface area contributed by atoms with E-state index < -0.39 is 10.0 Å². The average molecular weight is 351 g/mol. The first kappa shape index (κ1) is 17.4. The molecule has 2 aliphatic rings. The minimum atomic E-state index is -3.56. The van der Waals surface area contributed by atoms with Gasteiger partial charge in [0.1, 0.15) is 0 Å². The molecule has 0 aromatic heterocycles. The first-order valence-corrected chi connectivity index (χ1v) is 10.1. The van der Waals surface area contributed by atoms with Crippen molar-refractivity contribution >= 4 is 15.9 Å². The Bertz CT molecular complexity index is 697. The minimum absolute atomic E-state index is 0.114. The summed E-state index contributed by atoms with van der Waals surface area (Å²) in [6, 6.07) is 5.52. The van der Waals surface area contributed by atoms with Gasteiger partial charge in [-0.05, 0) is 61.9 Å². The Morgan fingerprint density at radius 2 is 2.00 bits per heavy atom. The third kappa shape index (κ3) is 4.34.